The highest BCUT2D eigenvalue weighted by Gasteiger charge is 2.28. The maximum atomic E-state index is 11.9. The molecule has 1 saturated heterocycles. The van der Waals surface area contributed by atoms with Gasteiger partial charge < -0.3 is 20.1 Å². The monoisotopic (exact) mass is 272 g/mol. The Morgan fingerprint density at radius 3 is 2.74 bits per heavy atom. The van der Waals surface area contributed by atoms with E-state index < -0.39 is 5.97 Å². The summed E-state index contributed by atoms with van der Waals surface area (Å²) in [5.74, 6) is -1.29. The van der Waals surface area contributed by atoms with Crippen molar-refractivity contribution in [3.63, 3.8) is 0 Å². The maximum absolute atomic E-state index is 11.9. The highest BCUT2D eigenvalue weighted by Crippen LogP contribution is 2.19. The smallest absolute Gasteiger partial charge is 0.317 e. The van der Waals surface area contributed by atoms with Crippen molar-refractivity contribution in [2.24, 2.45) is 0 Å². The second kappa shape index (κ2) is 7.60. The first-order valence-electron chi connectivity index (χ1n) is 6.37. The largest absolute Gasteiger partial charge is 0.481 e. The van der Waals surface area contributed by atoms with E-state index in [1.165, 1.54) is 7.11 Å². The molecule has 108 valence electrons. The second-order valence-electron chi connectivity index (χ2n) is 4.50. The van der Waals surface area contributed by atoms with Crippen LogP contribution in [0.15, 0.2) is 0 Å². The van der Waals surface area contributed by atoms with Crippen LogP contribution in [0.5, 0.6) is 0 Å². The number of rotatable bonds is 5. The first-order chi connectivity index (χ1) is 9.04. The van der Waals surface area contributed by atoms with Gasteiger partial charge in [-0.15, -0.1) is 0 Å². The number of esters is 1. The predicted molar refractivity (Wildman–Crippen MR) is 66.6 cm³/mol. The molecule has 0 aromatic heterocycles. The van der Waals surface area contributed by atoms with Crippen LogP contribution in [0.4, 0.5) is 4.79 Å². The van der Waals surface area contributed by atoms with Gasteiger partial charge in [0.1, 0.15) is 0 Å². The predicted octanol–water partition coefficient (Wildman–Crippen LogP) is 0.588. The van der Waals surface area contributed by atoms with Crippen LogP contribution in [-0.2, 0) is 14.3 Å². The molecule has 0 aromatic carbocycles. The highest BCUT2D eigenvalue weighted by molar-refractivity contribution is 5.77. The third-order valence-corrected chi connectivity index (χ3v) is 3.13. The fraction of sp³-hybridized carbons (Fsp3) is 0.750. The zero-order valence-electron chi connectivity index (χ0n) is 11.1. The highest BCUT2D eigenvalue weighted by atomic mass is 16.5. The number of likely N-dealkylation sites (tertiary alicyclic amines) is 1. The molecule has 0 aliphatic carbocycles. The van der Waals surface area contributed by atoms with Crippen molar-refractivity contribution in [3.05, 3.63) is 0 Å². The van der Waals surface area contributed by atoms with Gasteiger partial charge in [-0.05, 0) is 19.3 Å². The number of nitrogens with one attached hydrogen (secondary N) is 1. The molecule has 7 nitrogen and oxygen atoms in total. The van der Waals surface area contributed by atoms with Crippen LogP contribution in [0.2, 0.25) is 0 Å². The van der Waals surface area contributed by atoms with E-state index in [1.54, 1.807) is 4.90 Å². The number of urea groups is 1. The third kappa shape index (κ3) is 5.15. The van der Waals surface area contributed by atoms with Gasteiger partial charge in [-0.3, -0.25) is 9.59 Å². The van der Waals surface area contributed by atoms with Crippen molar-refractivity contribution >= 4 is 18.0 Å². The molecule has 1 heterocycles. The van der Waals surface area contributed by atoms with Crippen molar-refractivity contribution in [2.75, 3.05) is 20.2 Å². The summed E-state index contributed by atoms with van der Waals surface area (Å²) in [7, 11) is 1.29. The number of carbonyl (C=O) groups is 3. The molecule has 0 aromatic rings. The minimum atomic E-state index is -0.903. The standard InChI is InChI=1S/C12H20N2O5/c1-19-11(17)5-6-13-12(18)14-7-3-2-4-9(14)8-10(15)16/h9H,2-8H2,1H3,(H,13,18)(H,15,16). The minimum absolute atomic E-state index is 0.0373. The zero-order valence-corrected chi connectivity index (χ0v) is 11.1. The van der Waals surface area contributed by atoms with E-state index in [2.05, 4.69) is 10.1 Å². The summed E-state index contributed by atoms with van der Waals surface area (Å²) in [6.07, 6.45) is 2.59. The molecule has 1 rings (SSSR count). The Bertz CT molecular complexity index is 345. The molecule has 19 heavy (non-hydrogen) atoms. The number of aliphatic carboxylic acids is 1. The van der Waals surface area contributed by atoms with Crippen LogP contribution >= 0.6 is 0 Å². The van der Waals surface area contributed by atoms with Crippen molar-refractivity contribution in [1.29, 1.82) is 0 Å². The number of nitrogens with zero attached hydrogens (tertiary/aromatic N) is 1. The quantitative estimate of drug-likeness (QED) is 0.714. The molecule has 2 amide bonds. The molecule has 0 radical (unpaired) electrons. The Morgan fingerprint density at radius 2 is 2.11 bits per heavy atom. The average molecular weight is 272 g/mol. The summed E-state index contributed by atoms with van der Waals surface area (Å²) in [6, 6.07) is -0.570. The number of hydrogen-bond acceptors (Lipinski definition) is 4. The van der Waals surface area contributed by atoms with Gasteiger partial charge in [-0.1, -0.05) is 0 Å². The fourth-order valence-corrected chi connectivity index (χ4v) is 2.16. The third-order valence-electron chi connectivity index (χ3n) is 3.13. The van der Waals surface area contributed by atoms with E-state index in [0.717, 1.165) is 12.8 Å². The Hall–Kier alpha value is -1.79. The summed E-state index contributed by atoms with van der Waals surface area (Å²) in [4.78, 5) is 35.2. The molecular formula is C12H20N2O5. The maximum Gasteiger partial charge on any atom is 0.317 e. The van der Waals surface area contributed by atoms with E-state index in [1.807, 2.05) is 0 Å². The lowest BCUT2D eigenvalue weighted by atomic mass is 10.00. The molecule has 1 atom stereocenters. The molecular weight excluding hydrogens is 252 g/mol. The van der Waals surface area contributed by atoms with Gasteiger partial charge in [0.15, 0.2) is 0 Å². The van der Waals surface area contributed by atoms with Crippen LogP contribution in [0.25, 0.3) is 0 Å². The van der Waals surface area contributed by atoms with Crippen molar-refractivity contribution in [1.82, 2.24) is 10.2 Å². The van der Waals surface area contributed by atoms with Gasteiger partial charge in [-0.2, -0.15) is 0 Å². The number of amides is 2. The van der Waals surface area contributed by atoms with Crippen molar-refractivity contribution in [2.45, 2.75) is 38.1 Å². The first kappa shape index (κ1) is 15.3. The number of hydrogen-bond donors (Lipinski definition) is 2. The molecule has 1 unspecified atom stereocenters. The van der Waals surface area contributed by atoms with E-state index in [-0.39, 0.29) is 37.4 Å². The molecule has 1 aliphatic rings. The summed E-state index contributed by atoms with van der Waals surface area (Å²) < 4.78 is 4.47. The average Bonchev–Trinajstić information content (AvgIpc) is 2.38. The Morgan fingerprint density at radius 1 is 1.37 bits per heavy atom. The fourth-order valence-electron chi connectivity index (χ4n) is 2.16. The molecule has 0 saturated carbocycles. The number of carbonyl (C=O) groups excluding carboxylic acids is 2. The number of methoxy groups -OCH3 is 1. The lowest BCUT2D eigenvalue weighted by Crippen LogP contribution is -2.49. The van der Waals surface area contributed by atoms with E-state index in [0.29, 0.717) is 13.0 Å². The van der Waals surface area contributed by atoms with Gasteiger partial charge in [0.05, 0.1) is 20.0 Å². The minimum Gasteiger partial charge on any atom is -0.481 e. The molecule has 0 bridgehead atoms. The Balaban J connectivity index is 2.43. The Labute approximate surface area is 111 Å². The summed E-state index contributed by atoms with van der Waals surface area (Å²) in [5.41, 5.74) is 0. The first-order valence-corrected chi connectivity index (χ1v) is 6.37. The molecule has 2 N–H and O–H groups in total. The van der Waals surface area contributed by atoms with Gasteiger partial charge >= 0.3 is 18.0 Å². The van der Waals surface area contributed by atoms with Gasteiger partial charge in [-0.25, -0.2) is 4.79 Å². The SMILES string of the molecule is COC(=O)CCNC(=O)N1CCCCC1CC(=O)O. The number of carboxylic acid groups (broad SMARTS) is 1. The van der Waals surface area contributed by atoms with E-state index in [9.17, 15) is 14.4 Å². The van der Waals surface area contributed by atoms with E-state index in [4.69, 9.17) is 5.11 Å². The number of ether oxygens (including phenoxy) is 1. The van der Waals surface area contributed by atoms with Crippen molar-refractivity contribution in [3.8, 4) is 0 Å². The molecule has 1 fully saturated rings. The van der Waals surface area contributed by atoms with Crippen molar-refractivity contribution < 1.29 is 24.2 Å². The molecule has 1 aliphatic heterocycles. The Kier molecular flexibility index (Phi) is 6.11. The van der Waals surface area contributed by atoms with E-state index >= 15 is 0 Å². The summed E-state index contributed by atoms with van der Waals surface area (Å²) in [6.45, 7) is 0.754. The second-order valence-corrected chi connectivity index (χ2v) is 4.50. The van der Waals surface area contributed by atoms with Crippen LogP contribution in [0.3, 0.4) is 0 Å². The van der Waals surface area contributed by atoms with Gasteiger partial charge in [0, 0.05) is 19.1 Å². The molecule has 7 heteroatoms. The van der Waals surface area contributed by atoms with Gasteiger partial charge in [0.2, 0.25) is 0 Å². The lowest BCUT2D eigenvalue weighted by Gasteiger charge is -2.34. The summed E-state index contributed by atoms with van der Waals surface area (Å²) >= 11 is 0. The van der Waals surface area contributed by atoms with Crippen LogP contribution in [0, 0.1) is 0 Å². The van der Waals surface area contributed by atoms with Crippen LogP contribution < -0.4 is 5.32 Å². The zero-order chi connectivity index (χ0) is 14.3. The normalized spacial score (nSPS) is 18.8. The lowest BCUT2D eigenvalue weighted by molar-refractivity contribution is -0.140. The van der Waals surface area contributed by atoms with Gasteiger partial charge in [0.25, 0.3) is 0 Å². The van der Waals surface area contributed by atoms with Crippen LogP contribution in [-0.4, -0.2) is 54.2 Å². The number of carboxylic acids is 1. The summed E-state index contributed by atoms with van der Waals surface area (Å²) in [5, 5.41) is 11.4. The number of piperidine rings is 1. The van der Waals surface area contributed by atoms with Crippen LogP contribution in [0.1, 0.15) is 32.1 Å². The topological polar surface area (TPSA) is 95.9 Å². The molecule has 0 spiro atoms.